The van der Waals surface area contributed by atoms with Crippen molar-refractivity contribution >= 4 is 10.0 Å². The first-order chi connectivity index (χ1) is 7.63. The predicted molar refractivity (Wildman–Crippen MR) is 61.8 cm³/mol. The Morgan fingerprint density at radius 3 is 2.88 bits per heavy atom. The standard InChI is InChI=1S/C10H20N2O3S/c1-15-7-8-16(13,14)12-6-5-11-4-2-3-10(11)9-12/h10H,2-9H2,1H3/t10-/m1/s1. The van der Waals surface area contributed by atoms with Gasteiger partial charge in [-0.3, -0.25) is 4.90 Å². The van der Waals surface area contributed by atoms with Crippen LogP contribution in [0.25, 0.3) is 0 Å². The topological polar surface area (TPSA) is 49.9 Å². The number of sulfonamides is 1. The molecule has 0 aromatic heterocycles. The predicted octanol–water partition coefficient (Wildman–Crippen LogP) is -0.257. The maximum Gasteiger partial charge on any atom is 0.216 e. The van der Waals surface area contributed by atoms with Crippen molar-refractivity contribution in [1.29, 1.82) is 0 Å². The molecule has 2 rings (SSSR count). The molecule has 0 unspecified atom stereocenters. The van der Waals surface area contributed by atoms with E-state index < -0.39 is 10.0 Å². The molecule has 0 bridgehead atoms. The molecule has 0 saturated carbocycles. The van der Waals surface area contributed by atoms with Gasteiger partial charge in [-0.1, -0.05) is 0 Å². The van der Waals surface area contributed by atoms with Gasteiger partial charge in [-0.2, -0.15) is 4.31 Å². The first kappa shape index (κ1) is 12.3. The van der Waals surface area contributed by atoms with Gasteiger partial charge in [-0.05, 0) is 19.4 Å². The van der Waals surface area contributed by atoms with Crippen LogP contribution in [-0.2, 0) is 14.8 Å². The molecule has 1 atom stereocenters. The van der Waals surface area contributed by atoms with Crippen molar-refractivity contribution in [1.82, 2.24) is 9.21 Å². The number of hydrogen-bond acceptors (Lipinski definition) is 4. The quantitative estimate of drug-likeness (QED) is 0.688. The molecule has 0 aliphatic carbocycles. The van der Waals surface area contributed by atoms with E-state index in [-0.39, 0.29) is 12.4 Å². The van der Waals surface area contributed by atoms with Crippen LogP contribution in [0, 0.1) is 0 Å². The summed E-state index contributed by atoms with van der Waals surface area (Å²) in [7, 11) is -1.57. The molecule has 2 aliphatic rings. The summed E-state index contributed by atoms with van der Waals surface area (Å²) in [4.78, 5) is 2.41. The monoisotopic (exact) mass is 248 g/mol. The zero-order chi connectivity index (χ0) is 11.6. The van der Waals surface area contributed by atoms with Gasteiger partial charge in [0, 0.05) is 32.8 Å². The Bertz CT molecular complexity index is 331. The second-order valence-corrected chi connectivity index (χ2v) is 6.59. The van der Waals surface area contributed by atoms with Gasteiger partial charge in [0.2, 0.25) is 10.0 Å². The van der Waals surface area contributed by atoms with E-state index in [2.05, 4.69) is 4.90 Å². The Balaban J connectivity index is 1.95. The number of hydrogen-bond donors (Lipinski definition) is 0. The molecular weight excluding hydrogens is 228 g/mol. The van der Waals surface area contributed by atoms with Gasteiger partial charge in [0.1, 0.15) is 0 Å². The lowest BCUT2D eigenvalue weighted by Crippen LogP contribution is -2.52. The summed E-state index contributed by atoms with van der Waals surface area (Å²) >= 11 is 0. The zero-order valence-electron chi connectivity index (χ0n) is 9.76. The average molecular weight is 248 g/mol. The lowest BCUT2D eigenvalue weighted by Gasteiger charge is -2.36. The summed E-state index contributed by atoms with van der Waals surface area (Å²) in [6.07, 6.45) is 2.34. The molecule has 16 heavy (non-hydrogen) atoms. The molecule has 2 fully saturated rings. The lowest BCUT2D eigenvalue weighted by atomic mass is 10.2. The Hall–Kier alpha value is -0.170. The summed E-state index contributed by atoms with van der Waals surface area (Å²) in [5, 5.41) is 0. The second-order valence-electron chi connectivity index (χ2n) is 4.50. The van der Waals surface area contributed by atoms with Gasteiger partial charge in [0.05, 0.1) is 12.4 Å². The van der Waals surface area contributed by atoms with Crippen molar-refractivity contribution in [2.45, 2.75) is 18.9 Å². The van der Waals surface area contributed by atoms with Crippen LogP contribution >= 0.6 is 0 Å². The fraction of sp³-hybridized carbons (Fsp3) is 1.00. The summed E-state index contributed by atoms with van der Waals surface area (Å²) in [5.41, 5.74) is 0. The van der Waals surface area contributed by atoms with Crippen LogP contribution in [-0.4, -0.2) is 69.3 Å². The van der Waals surface area contributed by atoms with E-state index in [0.717, 1.165) is 19.5 Å². The largest absolute Gasteiger partial charge is 0.384 e. The van der Waals surface area contributed by atoms with Gasteiger partial charge in [-0.15, -0.1) is 0 Å². The highest BCUT2D eigenvalue weighted by atomic mass is 32.2. The van der Waals surface area contributed by atoms with Crippen LogP contribution in [0.3, 0.4) is 0 Å². The Labute approximate surface area is 97.4 Å². The minimum Gasteiger partial charge on any atom is -0.384 e. The van der Waals surface area contributed by atoms with E-state index in [9.17, 15) is 8.42 Å². The maximum absolute atomic E-state index is 12.0. The van der Waals surface area contributed by atoms with Gasteiger partial charge >= 0.3 is 0 Å². The van der Waals surface area contributed by atoms with E-state index in [0.29, 0.717) is 19.1 Å². The second kappa shape index (κ2) is 5.00. The van der Waals surface area contributed by atoms with Gasteiger partial charge < -0.3 is 4.74 Å². The first-order valence-electron chi connectivity index (χ1n) is 5.84. The third-order valence-electron chi connectivity index (χ3n) is 3.49. The van der Waals surface area contributed by atoms with E-state index >= 15 is 0 Å². The maximum atomic E-state index is 12.0. The molecule has 0 amide bonds. The number of piperazine rings is 1. The fourth-order valence-corrected chi connectivity index (χ4v) is 3.93. The molecule has 2 saturated heterocycles. The van der Waals surface area contributed by atoms with Crippen molar-refractivity contribution in [3.63, 3.8) is 0 Å². The number of methoxy groups -OCH3 is 1. The van der Waals surface area contributed by atoms with Crippen LogP contribution in [0.4, 0.5) is 0 Å². The molecule has 2 heterocycles. The normalized spacial score (nSPS) is 28.2. The fourth-order valence-electron chi connectivity index (χ4n) is 2.53. The SMILES string of the molecule is COCCS(=O)(=O)N1CCN2CCC[C@@H]2C1. The summed E-state index contributed by atoms with van der Waals surface area (Å²) in [5.74, 6) is 0.107. The molecule has 5 nitrogen and oxygen atoms in total. The first-order valence-corrected chi connectivity index (χ1v) is 7.45. The minimum atomic E-state index is -3.10. The van der Waals surface area contributed by atoms with Crippen LogP contribution in [0.5, 0.6) is 0 Å². The van der Waals surface area contributed by atoms with Gasteiger partial charge in [-0.25, -0.2) is 8.42 Å². The molecule has 6 heteroatoms. The molecule has 0 aromatic rings. The highest BCUT2D eigenvalue weighted by molar-refractivity contribution is 7.89. The van der Waals surface area contributed by atoms with E-state index in [1.807, 2.05) is 0 Å². The smallest absolute Gasteiger partial charge is 0.216 e. The number of rotatable bonds is 4. The Morgan fingerprint density at radius 2 is 2.12 bits per heavy atom. The Morgan fingerprint density at radius 1 is 1.31 bits per heavy atom. The molecule has 0 N–H and O–H groups in total. The number of nitrogens with zero attached hydrogens (tertiary/aromatic N) is 2. The Kier molecular flexibility index (Phi) is 3.84. The van der Waals surface area contributed by atoms with E-state index in [1.165, 1.54) is 13.5 Å². The van der Waals surface area contributed by atoms with E-state index in [1.54, 1.807) is 4.31 Å². The third-order valence-corrected chi connectivity index (χ3v) is 5.29. The van der Waals surface area contributed by atoms with Crippen molar-refractivity contribution in [3.8, 4) is 0 Å². The van der Waals surface area contributed by atoms with Crippen molar-refractivity contribution in [2.75, 3.05) is 45.6 Å². The molecule has 94 valence electrons. The van der Waals surface area contributed by atoms with Crippen LogP contribution in [0.15, 0.2) is 0 Å². The van der Waals surface area contributed by atoms with Gasteiger partial charge in [0.25, 0.3) is 0 Å². The van der Waals surface area contributed by atoms with Crippen LogP contribution < -0.4 is 0 Å². The van der Waals surface area contributed by atoms with Crippen molar-refractivity contribution < 1.29 is 13.2 Å². The van der Waals surface area contributed by atoms with Crippen LogP contribution in [0.1, 0.15) is 12.8 Å². The summed E-state index contributed by atoms with van der Waals surface area (Å²) < 4.78 is 30.4. The molecule has 0 radical (unpaired) electrons. The molecular formula is C10H20N2O3S. The number of ether oxygens (including phenoxy) is 1. The third kappa shape index (κ3) is 2.56. The highest BCUT2D eigenvalue weighted by Gasteiger charge is 2.35. The zero-order valence-corrected chi connectivity index (χ0v) is 10.6. The average Bonchev–Trinajstić information content (AvgIpc) is 2.73. The van der Waals surface area contributed by atoms with Gasteiger partial charge in [0.15, 0.2) is 0 Å². The number of fused-ring (bicyclic) bond motifs is 1. The summed E-state index contributed by atoms with van der Waals surface area (Å²) in [6.45, 7) is 3.62. The summed E-state index contributed by atoms with van der Waals surface area (Å²) in [6, 6.07) is 0.450. The van der Waals surface area contributed by atoms with Crippen molar-refractivity contribution in [3.05, 3.63) is 0 Å². The minimum absolute atomic E-state index is 0.107. The van der Waals surface area contributed by atoms with Crippen LogP contribution in [0.2, 0.25) is 0 Å². The van der Waals surface area contributed by atoms with E-state index in [4.69, 9.17) is 4.74 Å². The molecule has 0 spiro atoms. The lowest BCUT2D eigenvalue weighted by molar-refractivity contribution is 0.156. The van der Waals surface area contributed by atoms with Crippen molar-refractivity contribution in [2.24, 2.45) is 0 Å². The molecule has 2 aliphatic heterocycles. The highest BCUT2D eigenvalue weighted by Crippen LogP contribution is 2.22. The molecule has 0 aromatic carbocycles.